The maximum atomic E-state index is 11.2. The monoisotopic (exact) mass is 170 g/mol. The number of aliphatic hydroxyl groups excluding tert-OH is 1. The zero-order valence-electron chi connectivity index (χ0n) is 7.16. The fraction of sp³-hybridized carbons (Fsp3) is 0.875. The highest BCUT2D eigenvalue weighted by atomic mass is 16.3. The van der Waals surface area contributed by atoms with Gasteiger partial charge in [-0.15, -0.1) is 0 Å². The van der Waals surface area contributed by atoms with Gasteiger partial charge in [0.2, 0.25) is 0 Å². The van der Waals surface area contributed by atoms with E-state index in [0.717, 1.165) is 0 Å². The van der Waals surface area contributed by atoms with E-state index in [1.54, 1.807) is 11.9 Å². The van der Waals surface area contributed by atoms with Crippen LogP contribution < -0.4 is 5.32 Å². The largest absolute Gasteiger partial charge is 0.394 e. The molecule has 68 valence electrons. The lowest BCUT2D eigenvalue weighted by molar-refractivity contribution is 0.196. The fourth-order valence-corrected chi connectivity index (χ4v) is 1.99. The topological polar surface area (TPSA) is 52.6 Å². The third-order valence-corrected chi connectivity index (χ3v) is 2.79. The van der Waals surface area contributed by atoms with Crippen LogP contribution in [0.2, 0.25) is 0 Å². The number of aliphatic hydroxyl groups is 1. The summed E-state index contributed by atoms with van der Waals surface area (Å²) in [5.41, 5.74) is 0. The Morgan fingerprint density at radius 2 is 2.33 bits per heavy atom. The molecule has 12 heavy (non-hydrogen) atoms. The van der Waals surface area contributed by atoms with E-state index in [9.17, 15) is 4.79 Å². The Hall–Kier alpha value is -0.770. The van der Waals surface area contributed by atoms with Crippen molar-refractivity contribution in [3.05, 3.63) is 0 Å². The predicted octanol–water partition coefficient (Wildman–Crippen LogP) is -0.219. The van der Waals surface area contributed by atoms with Gasteiger partial charge in [-0.05, 0) is 18.8 Å². The Balaban J connectivity index is 2.10. The lowest BCUT2D eigenvalue weighted by atomic mass is 10.1. The van der Waals surface area contributed by atoms with E-state index in [1.165, 1.54) is 12.8 Å². The normalized spacial score (nSPS) is 35.5. The number of hydrogen-bond donors (Lipinski definition) is 2. The fourth-order valence-electron chi connectivity index (χ4n) is 1.99. The van der Waals surface area contributed by atoms with Crippen molar-refractivity contribution in [2.75, 3.05) is 13.7 Å². The Labute approximate surface area is 71.5 Å². The zero-order chi connectivity index (χ0) is 8.72. The molecule has 0 spiro atoms. The number of urea groups is 1. The summed E-state index contributed by atoms with van der Waals surface area (Å²) in [6, 6.07) is 0.128. The van der Waals surface area contributed by atoms with Crippen molar-refractivity contribution >= 4 is 6.03 Å². The summed E-state index contributed by atoms with van der Waals surface area (Å²) in [5, 5.41) is 11.8. The van der Waals surface area contributed by atoms with Gasteiger partial charge in [-0.25, -0.2) is 4.79 Å². The number of nitrogens with zero attached hydrogens (tertiary/aromatic N) is 1. The molecule has 1 aliphatic heterocycles. The van der Waals surface area contributed by atoms with Crippen molar-refractivity contribution < 1.29 is 9.90 Å². The van der Waals surface area contributed by atoms with Crippen molar-refractivity contribution in [3.63, 3.8) is 0 Å². The standard InChI is InChI=1S/C8H14N2O2/c1-10-7(5-2-3-5)6(4-11)9-8(10)12/h5-7,11H,2-4H2,1H3,(H,9,12). The van der Waals surface area contributed by atoms with Crippen LogP contribution in [-0.2, 0) is 0 Å². The minimum absolute atomic E-state index is 0.0463. The molecule has 1 saturated carbocycles. The highest BCUT2D eigenvalue weighted by Crippen LogP contribution is 2.38. The summed E-state index contributed by atoms with van der Waals surface area (Å²) in [4.78, 5) is 12.9. The van der Waals surface area contributed by atoms with E-state index in [4.69, 9.17) is 5.11 Å². The first kappa shape index (κ1) is 7.86. The SMILES string of the molecule is CN1C(=O)NC(CO)C1C1CC1. The van der Waals surface area contributed by atoms with Crippen LogP contribution in [0.15, 0.2) is 0 Å². The van der Waals surface area contributed by atoms with Crippen LogP contribution in [0.4, 0.5) is 4.79 Å². The van der Waals surface area contributed by atoms with Crippen molar-refractivity contribution in [1.29, 1.82) is 0 Å². The van der Waals surface area contributed by atoms with Crippen LogP contribution in [0.5, 0.6) is 0 Å². The Bertz CT molecular complexity index is 203. The summed E-state index contributed by atoms with van der Waals surface area (Å²) in [6.07, 6.45) is 2.39. The van der Waals surface area contributed by atoms with Crippen molar-refractivity contribution in [1.82, 2.24) is 10.2 Å². The lowest BCUT2D eigenvalue weighted by Crippen LogP contribution is -2.38. The average Bonchev–Trinajstić information content (AvgIpc) is 2.82. The van der Waals surface area contributed by atoms with Crippen LogP contribution in [0.3, 0.4) is 0 Å². The second-order valence-electron chi connectivity index (χ2n) is 3.68. The number of carbonyl (C=O) groups is 1. The molecule has 4 heteroatoms. The molecule has 2 N–H and O–H groups in total. The van der Waals surface area contributed by atoms with Crippen LogP contribution in [-0.4, -0.2) is 41.8 Å². The van der Waals surface area contributed by atoms with E-state index in [1.807, 2.05) is 0 Å². The first-order valence-corrected chi connectivity index (χ1v) is 4.38. The molecule has 1 saturated heterocycles. The molecule has 1 aliphatic carbocycles. The molecule has 0 radical (unpaired) electrons. The second kappa shape index (κ2) is 2.62. The molecule has 0 aromatic rings. The van der Waals surface area contributed by atoms with E-state index < -0.39 is 0 Å². The van der Waals surface area contributed by atoms with Gasteiger partial charge in [0.15, 0.2) is 0 Å². The molecule has 0 bridgehead atoms. The smallest absolute Gasteiger partial charge is 0.317 e. The van der Waals surface area contributed by atoms with Gasteiger partial charge in [0.1, 0.15) is 0 Å². The predicted molar refractivity (Wildman–Crippen MR) is 43.7 cm³/mol. The van der Waals surface area contributed by atoms with Gasteiger partial charge in [0.25, 0.3) is 0 Å². The molecule has 0 aromatic carbocycles. The molecular formula is C8H14N2O2. The molecule has 2 rings (SSSR count). The van der Waals surface area contributed by atoms with Gasteiger partial charge in [-0.2, -0.15) is 0 Å². The van der Waals surface area contributed by atoms with Crippen molar-refractivity contribution in [2.45, 2.75) is 24.9 Å². The van der Waals surface area contributed by atoms with Gasteiger partial charge >= 0.3 is 6.03 Å². The van der Waals surface area contributed by atoms with Gasteiger partial charge in [-0.1, -0.05) is 0 Å². The highest BCUT2D eigenvalue weighted by Gasteiger charge is 2.45. The first-order valence-electron chi connectivity index (χ1n) is 4.38. The van der Waals surface area contributed by atoms with E-state index >= 15 is 0 Å². The van der Waals surface area contributed by atoms with Crippen molar-refractivity contribution in [3.8, 4) is 0 Å². The Morgan fingerprint density at radius 1 is 1.67 bits per heavy atom. The number of hydrogen-bond acceptors (Lipinski definition) is 2. The molecule has 2 unspecified atom stereocenters. The maximum Gasteiger partial charge on any atom is 0.317 e. The van der Waals surface area contributed by atoms with Crippen LogP contribution in [0, 0.1) is 5.92 Å². The lowest BCUT2D eigenvalue weighted by Gasteiger charge is -2.21. The molecule has 2 fully saturated rings. The number of carbonyl (C=O) groups excluding carboxylic acids is 1. The summed E-state index contributed by atoms with van der Waals surface area (Å²) >= 11 is 0. The van der Waals surface area contributed by atoms with Crippen LogP contribution in [0.25, 0.3) is 0 Å². The third-order valence-electron chi connectivity index (χ3n) is 2.79. The third kappa shape index (κ3) is 1.06. The molecule has 4 nitrogen and oxygen atoms in total. The van der Waals surface area contributed by atoms with E-state index in [0.29, 0.717) is 5.92 Å². The van der Waals surface area contributed by atoms with Crippen LogP contribution >= 0.6 is 0 Å². The molecule has 2 amide bonds. The molecule has 2 aliphatic rings. The molecule has 1 heterocycles. The highest BCUT2D eigenvalue weighted by molar-refractivity contribution is 5.77. The van der Waals surface area contributed by atoms with Gasteiger partial charge in [-0.3, -0.25) is 0 Å². The van der Waals surface area contributed by atoms with Gasteiger partial charge in [0.05, 0.1) is 18.7 Å². The minimum Gasteiger partial charge on any atom is -0.394 e. The van der Waals surface area contributed by atoms with E-state index in [2.05, 4.69) is 5.32 Å². The maximum absolute atomic E-state index is 11.2. The average molecular weight is 170 g/mol. The minimum atomic E-state index is -0.0500. The Morgan fingerprint density at radius 3 is 2.83 bits per heavy atom. The number of rotatable bonds is 2. The zero-order valence-corrected chi connectivity index (χ0v) is 7.16. The summed E-state index contributed by atoms with van der Waals surface area (Å²) in [7, 11) is 1.80. The second-order valence-corrected chi connectivity index (χ2v) is 3.68. The summed E-state index contributed by atoms with van der Waals surface area (Å²) in [6.45, 7) is 0.0528. The molecule has 2 atom stereocenters. The quantitative estimate of drug-likeness (QED) is 0.602. The molecular weight excluding hydrogens is 156 g/mol. The van der Waals surface area contributed by atoms with Gasteiger partial charge in [0, 0.05) is 7.05 Å². The number of amides is 2. The summed E-state index contributed by atoms with van der Waals surface area (Å²) in [5.74, 6) is 0.617. The summed E-state index contributed by atoms with van der Waals surface area (Å²) < 4.78 is 0. The first-order chi connectivity index (χ1) is 5.74. The molecule has 0 aromatic heterocycles. The Kier molecular flexibility index (Phi) is 1.72. The van der Waals surface area contributed by atoms with E-state index in [-0.39, 0.29) is 24.7 Å². The van der Waals surface area contributed by atoms with Crippen molar-refractivity contribution in [2.24, 2.45) is 5.92 Å². The number of likely N-dealkylation sites (N-methyl/N-ethyl adjacent to an activating group) is 1. The van der Waals surface area contributed by atoms with Gasteiger partial charge < -0.3 is 15.3 Å². The number of nitrogens with one attached hydrogen (secondary N) is 1. The van der Waals surface area contributed by atoms with Crippen LogP contribution in [0.1, 0.15) is 12.8 Å².